The Balaban J connectivity index is 1.92. The van der Waals surface area contributed by atoms with Crippen LogP contribution in [0.1, 0.15) is 25.3 Å². The van der Waals surface area contributed by atoms with Crippen molar-refractivity contribution < 1.29 is 4.79 Å². The van der Waals surface area contributed by atoms with Gasteiger partial charge in [-0.1, -0.05) is 25.1 Å². The van der Waals surface area contributed by atoms with Crippen LogP contribution in [0, 0.1) is 12.8 Å². The van der Waals surface area contributed by atoms with Gasteiger partial charge in [0.05, 0.1) is 6.54 Å². The summed E-state index contributed by atoms with van der Waals surface area (Å²) in [6.45, 7) is 6.28. The first-order valence-corrected chi connectivity index (χ1v) is 7.39. The number of nitrogens with two attached hydrogens (primary N) is 1. The smallest absolute Gasteiger partial charge is 0.238 e. The largest absolute Gasteiger partial charge is 0.329 e. The van der Waals surface area contributed by atoms with Crippen LogP contribution in [-0.2, 0) is 4.79 Å². The Labute approximate surface area is 121 Å². The Bertz CT molecular complexity index is 461. The summed E-state index contributed by atoms with van der Waals surface area (Å²) < 4.78 is 0. The van der Waals surface area contributed by atoms with Crippen LogP contribution in [0.3, 0.4) is 0 Å². The Morgan fingerprint density at radius 3 is 2.90 bits per heavy atom. The maximum Gasteiger partial charge on any atom is 0.238 e. The molecule has 2 rings (SSSR count). The Kier molecular flexibility index (Phi) is 5.15. The lowest BCUT2D eigenvalue weighted by Gasteiger charge is -2.37. The number of nitrogens with zero attached hydrogens (tertiary/aromatic N) is 1. The number of piperidine rings is 1. The van der Waals surface area contributed by atoms with Crippen molar-refractivity contribution >= 4 is 11.6 Å². The number of nitrogens with one attached hydrogen (secondary N) is 1. The van der Waals surface area contributed by atoms with Gasteiger partial charge in [-0.2, -0.15) is 0 Å². The Morgan fingerprint density at radius 2 is 2.20 bits per heavy atom. The maximum atomic E-state index is 12.2. The van der Waals surface area contributed by atoms with Gasteiger partial charge in [0.15, 0.2) is 0 Å². The van der Waals surface area contributed by atoms with E-state index >= 15 is 0 Å². The van der Waals surface area contributed by atoms with Crippen LogP contribution in [0.25, 0.3) is 0 Å². The minimum absolute atomic E-state index is 0.0484. The van der Waals surface area contributed by atoms with Gasteiger partial charge in [0.2, 0.25) is 5.91 Å². The molecule has 0 bridgehead atoms. The molecule has 2 unspecified atom stereocenters. The van der Waals surface area contributed by atoms with Crippen molar-refractivity contribution in [3.8, 4) is 0 Å². The molecular weight excluding hydrogens is 250 g/mol. The molecule has 110 valence electrons. The highest BCUT2D eigenvalue weighted by molar-refractivity contribution is 5.92. The molecule has 0 radical (unpaired) electrons. The predicted molar refractivity (Wildman–Crippen MR) is 82.6 cm³/mol. The van der Waals surface area contributed by atoms with Crippen LogP contribution >= 0.6 is 0 Å². The molecule has 4 heteroatoms. The van der Waals surface area contributed by atoms with Gasteiger partial charge < -0.3 is 11.1 Å². The van der Waals surface area contributed by atoms with Gasteiger partial charge in [-0.15, -0.1) is 0 Å². The van der Waals surface area contributed by atoms with E-state index in [-0.39, 0.29) is 5.91 Å². The second kappa shape index (κ2) is 6.86. The minimum Gasteiger partial charge on any atom is -0.329 e. The summed E-state index contributed by atoms with van der Waals surface area (Å²) in [6.07, 6.45) is 2.24. The number of likely N-dealkylation sites (tertiary alicyclic amines) is 1. The molecule has 1 saturated heterocycles. The van der Waals surface area contributed by atoms with E-state index in [1.54, 1.807) is 0 Å². The second-order valence-electron chi connectivity index (χ2n) is 5.85. The third-order valence-corrected chi connectivity index (χ3v) is 4.14. The van der Waals surface area contributed by atoms with Gasteiger partial charge in [-0.25, -0.2) is 0 Å². The summed E-state index contributed by atoms with van der Waals surface area (Å²) in [5, 5.41) is 2.99. The fourth-order valence-corrected chi connectivity index (χ4v) is 2.84. The van der Waals surface area contributed by atoms with Crippen molar-refractivity contribution in [2.75, 3.05) is 25.0 Å². The Hall–Kier alpha value is -1.39. The van der Waals surface area contributed by atoms with Crippen molar-refractivity contribution in [3.63, 3.8) is 0 Å². The SMILES string of the molecule is Cc1ccccc1NC(=O)CN1CCC(C)CC1CN. The zero-order chi connectivity index (χ0) is 14.5. The van der Waals surface area contributed by atoms with Crippen LogP contribution in [0.5, 0.6) is 0 Å². The van der Waals surface area contributed by atoms with E-state index < -0.39 is 0 Å². The molecule has 20 heavy (non-hydrogen) atoms. The van der Waals surface area contributed by atoms with Crippen LogP contribution in [-0.4, -0.2) is 36.5 Å². The molecule has 2 atom stereocenters. The molecule has 0 aliphatic carbocycles. The number of anilines is 1. The first kappa shape index (κ1) is 15.0. The van der Waals surface area contributed by atoms with E-state index in [4.69, 9.17) is 5.73 Å². The van der Waals surface area contributed by atoms with Gasteiger partial charge in [0, 0.05) is 18.3 Å². The van der Waals surface area contributed by atoms with Crippen LogP contribution in [0.4, 0.5) is 5.69 Å². The maximum absolute atomic E-state index is 12.2. The number of amides is 1. The molecule has 1 fully saturated rings. The number of hydrogen-bond acceptors (Lipinski definition) is 3. The Morgan fingerprint density at radius 1 is 1.45 bits per heavy atom. The number of rotatable bonds is 4. The molecule has 4 nitrogen and oxygen atoms in total. The van der Waals surface area contributed by atoms with Gasteiger partial charge in [0.25, 0.3) is 0 Å². The first-order chi connectivity index (χ1) is 9.60. The molecule has 1 amide bonds. The van der Waals surface area contributed by atoms with Crippen molar-refractivity contribution in [1.82, 2.24) is 4.90 Å². The second-order valence-corrected chi connectivity index (χ2v) is 5.85. The van der Waals surface area contributed by atoms with E-state index in [9.17, 15) is 4.79 Å². The van der Waals surface area contributed by atoms with Gasteiger partial charge in [-0.3, -0.25) is 9.69 Å². The highest BCUT2D eigenvalue weighted by Crippen LogP contribution is 2.21. The van der Waals surface area contributed by atoms with Crippen molar-refractivity contribution in [1.29, 1.82) is 0 Å². The van der Waals surface area contributed by atoms with Gasteiger partial charge in [-0.05, 0) is 43.9 Å². The third kappa shape index (κ3) is 3.81. The predicted octanol–water partition coefficient (Wildman–Crippen LogP) is 1.99. The molecule has 0 spiro atoms. The zero-order valence-electron chi connectivity index (χ0n) is 12.4. The number of benzene rings is 1. The number of carbonyl (C=O) groups is 1. The van der Waals surface area contributed by atoms with Crippen LogP contribution < -0.4 is 11.1 Å². The average Bonchev–Trinajstić information content (AvgIpc) is 2.43. The minimum atomic E-state index is 0.0484. The normalized spacial score (nSPS) is 23.6. The fraction of sp³-hybridized carbons (Fsp3) is 0.562. The molecule has 1 aliphatic rings. The molecule has 0 saturated carbocycles. The van der Waals surface area contributed by atoms with Crippen LogP contribution in [0.2, 0.25) is 0 Å². The molecule has 1 aliphatic heterocycles. The summed E-state index contributed by atoms with van der Waals surface area (Å²) in [4.78, 5) is 14.4. The number of hydrogen-bond donors (Lipinski definition) is 2. The summed E-state index contributed by atoms with van der Waals surface area (Å²) in [5.41, 5.74) is 7.82. The topological polar surface area (TPSA) is 58.4 Å². The first-order valence-electron chi connectivity index (χ1n) is 7.39. The standard InChI is InChI=1S/C16H25N3O/c1-12-7-8-19(14(9-12)10-17)11-16(20)18-15-6-4-3-5-13(15)2/h3-6,12,14H,7-11,17H2,1-2H3,(H,18,20). The quantitative estimate of drug-likeness (QED) is 0.883. The van der Waals surface area contributed by atoms with E-state index in [2.05, 4.69) is 17.1 Å². The molecule has 1 heterocycles. The van der Waals surface area contributed by atoms with E-state index in [1.807, 2.05) is 31.2 Å². The van der Waals surface area contributed by atoms with Crippen molar-refractivity contribution in [2.45, 2.75) is 32.7 Å². The van der Waals surface area contributed by atoms with Crippen molar-refractivity contribution in [3.05, 3.63) is 29.8 Å². The van der Waals surface area contributed by atoms with E-state index in [0.717, 1.165) is 30.6 Å². The fourth-order valence-electron chi connectivity index (χ4n) is 2.84. The lowest BCUT2D eigenvalue weighted by atomic mass is 9.92. The van der Waals surface area contributed by atoms with Crippen LogP contribution in [0.15, 0.2) is 24.3 Å². The van der Waals surface area contributed by atoms with E-state index in [0.29, 0.717) is 25.0 Å². The third-order valence-electron chi connectivity index (χ3n) is 4.14. The monoisotopic (exact) mass is 275 g/mol. The lowest BCUT2D eigenvalue weighted by molar-refractivity contribution is -0.118. The molecular formula is C16H25N3O. The highest BCUT2D eigenvalue weighted by atomic mass is 16.2. The average molecular weight is 275 g/mol. The zero-order valence-corrected chi connectivity index (χ0v) is 12.4. The molecule has 3 N–H and O–H groups in total. The number of aryl methyl sites for hydroxylation is 1. The summed E-state index contributed by atoms with van der Waals surface area (Å²) in [7, 11) is 0. The molecule has 1 aromatic carbocycles. The lowest BCUT2D eigenvalue weighted by Crippen LogP contribution is -2.49. The summed E-state index contributed by atoms with van der Waals surface area (Å²) in [6, 6.07) is 8.18. The summed E-state index contributed by atoms with van der Waals surface area (Å²) >= 11 is 0. The van der Waals surface area contributed by atoms with Gasteiger partial charge >= 0.3 is 0 Å². The summed E-state index contributed by atoms with van der Waals surface area (Å²) in [5.74, 6) is 0.756. The van der Waals surface area contributed by atoms with Gasteiger partial charge in [0.1, 0.15) is 0 Å². The van der Waals surface area contributed by atoms with Crippen molar-refractivity contribution in [2.24, 2.45) is 11.7 Å². The molecule has 1 aromatic rings. The number of para-hydroxylation sites is 1. The number of carbonyl (C=O) groups excluding carboxylic acids is 1. The van der Waals surface area contributed by atoms with E-state index in [1.165, 1.54) is 0 Å². The molecule has 0 aromatic heterocycles. The highest BCUT2D eigenvalue weighted by Gasteiger charge is 2.26.